The Morgan fingerprint density at radius 3 is 2.27 bits per heavy atom. The number of anilines is 1. The van der Waals surface area contributed by atoms with Crippen LogP contribution in [0.3, 0.4) is 0 Å². The van der Waals surface area contributed by atoms with Gasteiger partial charge in [-0.2, -0.15) is 0 Å². The number of benzene rings is 1. The highest BCUT2D eigenvalue weighted by Gasteiger charge is 2.17. The van der Waals surface area contributed by atoms with Crippen molar-refractivity contribution in [1.82, 2.24) is 0 Å². The molecule has 0 spiro atoms. The van der Waals surface area contributed by atoms with Gasteiger partial charge < -0.3 is 4.90 Å². The van der Waals surface area contributed by atoms with Gasteiger partial charge >= 0.3 is 0 Å². The Balaban J connectivity index is 3.02. The van der Waals surface area contributed by atoms with Gasteiger partial charge in [0.2, 0.25) is 0 Å². The second-order valence-electron chi connectivity index (χ2n) is 4.64. The fourth-order valence-corrected chi connectivity index (χ4v) is 1.78. The average Bonchev–Trinajstić information content (AvgIpc) is 2.15. The van der Waals surface area contributed by atoms with Crippen LogP contribution in [0.1, 0.15) is 26.3 Å². The summed E-state index contributed by atoms with van der Waals surface area (Å²) in [6, 6.07) is 5.99. The van der Waals surface area contributed by atoms with E-state index in [-0.39, 0.29) is 5.54 Å². The van der Waals surface area contributed by atoms with E-state index in [1.807, 2.05) is 12.1 Å². The molecular weight excluding hydrogens is 229 g/mol. The summed E-state index contributed by atoms with van der Waals surface area (Å²) in [4.78, 5) is 2.19. The van der Waals surface area contributed by atoms with E-state index >= 15 is 0 Å². The molecule has 1 rings (SSSR count). The van der Waals surface area contributed by atoms with Crippen molar-refractivity contribution in [3.05, 3.63) is 28.8 Å². The van der Waals surface area contributed by atoms with Crippen LogP contribution < -0.4 is 4.90 Å². The van der Waals surface area contributed by atoms with Crippen molar-refractivity contribution in [3.63, 3.8) is 0 Å². The lowest BCUT2D eigenvalue weighted by molar-refractivity contribution is 0.539. The summed E-state index contributed by atoms with van der Waals surface area (Å²) >= 11 is 11.9. The maximum Gasteiger partial charge on any atom is 0.0488 e. The van der Waals surface area contributed by atoms with Crippen molar-refractivity contribution < 1.29 is 0 Å². The molecule has 0 heterocycles. The molecule has 0 amide bonds. The van der Waals surface area contributed by atoms with Gasteiger partial charge in [0.05, 0.1) is 0 Å². The molecule has 0 radical (unpaired) electrons. The van der Waals surface area contributed by atoms with Gasteiger partial charge in [-0.3, -0.25) is 0 Å². The third kappa shape index (κ3) is 3.02. The monoisotopic (exact) mass is 245 g/mol. The lowest BCUT2D eigenvalue weighted by Gasteiger charge is -2.34. The zero-order valence-corrected chi connectivity index (χ0v) is 11.2. The summed E-state index contributed by atoms with van der Waals surface area (Å²) < 4.78 is 0. The van der Waals surface area contributed by atoms with Gasteiger partial charge in [0.15, 0.2) is 0 Å². The van der Waals surface area contributed by atoms with Crippen LogP contribution in [0.5, 0.6) is 0 Å². The molecule has 0 unspecified atom stereocenters. The maximum absolute atomic E-state index is 6.11. The van der Waals surface area contributed by atoms with Crippen LogP contribution >= 0.6 is 23.2 Å². The molecule has 0 aliphatic carbocycles. The highest BCUT2D eigenvalue weighted by molar-refractivity contribution is 6.32. The predicted molar refractivity (Wildman–Crippen MR) is 69.2 cm³/mol. The molecule has 84 valence electrons. The molecule has 0 atom stereocenters. The SMILES string of the molecule is CN(c1ccc(CCl)c(Cl)c1)C(C)(C)C. The van der Waals surface area contributed by atoms with Crippen LogP contribution in [-0.4, -0.2) is 12.6 Å². The zero-order valence-electron chi connectivity index (χ0n) is 9.64. The van der Waals surface area contributed by atoms with Crippen LogP contribution in [0.4, 0.5) is 5.69 Å². The third-order valence-corrected chi connectivity index (χ3v) is 3.21. The molecule has 0 aliphatic heterocycles. The number of rotatable bonds is 2. The minimum absolute atomic E-state index is 0.0891. The molecule has 1 aromatic carbocycles. The van der Waals surface area contributed by atoms with E-state index in [4.69, 9.17) is 23.2 Å². The molecular formula is C12H17Cl2N. The first kappa shape index (κ1) is 12.7. The van der Waals surface area contributed by atoms with Gasteiger partial charge in [0, 0.05) is 29.2 Å². The minimum Gasteiger partial charge on any atom is -0.370 e. The van der Waals surface area contributed by atoms with Gasteiger partial charge in [-0.25, -0.2) is 0 Å². The second kappa shape index (κ2) is 4.63. The normalized spacial score (nSPS) is 11.6. The molecule has 0 bridgehead atoms. The zero-order chi connectivity index (χ0) is 11.6. The molecule has 1 aromatic rings. The van der Waals surface area contributed by atoms with Crippen LogP contribution in [-0.2, 0) is 5.88 Å². The Kier molecular flexibility index (Phi) is 3.91. The van der Waals surface area contributed by atoms with Gasteiger partial charge in [0.25, 0.3) is 0 Å². The summed E-state index contributed by atoms with van der Waals surface area (Å²) in [6.45, 7) is 6.49. The molecule has 15 heavy (non-hydrogen) atoms. The lowest BCUT2D eigenvalue weighted by atomic mass is 10.1. The fraction of sp³-hybridized carbons (Fsp3) is 0.500. The van der Waals surface area contributed by atoms with Gasteiger partial charge in [-0.15, -0.1) is 11.6 Å². The minimum atomic E-state index is 0.0891. The molecule has 0 saturated carbocycles. The first-order valence-corrected chi connectivity index (χ1v) is 5.85. The molecule has 1 nitrogen and oxygen atoms in total. The van der Waals surface area contributed by atoms with Crippen LogP contribution in [0.2, 0.25) is 5.02 Å². The predicted octanol–water partition coefficient (Wildman–Crippen LogP) is 4.31. The van der Waals surface area contributed by atoms with E-state index in [1.165, 1.54) is 0 Å². The smallest absolute Gasteiger partial charge is 0.0488 e. The van der Waals surface area contributed by atoms with E-state index in [2.05, 4.69) is 38.8 Å². The summed E-state index contributed by atoms with van der Waals surface area (Å²) in [6.07, 6.45) is 0. The van der Waals surface area contributed by atoms with Crippen molar-refractivity contribution in [3.8, 4) is 0 Å². The largest absolute Gasteiger partial charge is 0.370 e. The van der Waals surface area contributed by atoms with Gasteiger partial charge in [0.1, 0.15) is 0 Å². The standard InChI is InChI=1S/C12H17Cl2N/c1-12(2,3)15(4)10-6-5-9(8-13)11(14)7-10/h5-7H,8H2,1-4H3. The summed E-state index contributed by atoms with van der Waals surface area (Å²) in [5.41, 5.74) is 2.18. The van der Waals surface area contributed by atoms with Crippen LogP contribution in [0, 0.1) is 0 Å². The average molecular weight is 246 g/mol. The Labute approximate surface area is 102 Å². The Hall–Kier alpha value is -0.400. The number of nitrogens with zero attached hydrogens (tertiary/aromatic N) is 1. The maximum atomic E-state index is 6.11. The van der Waals surface area contributed by atoms with E-state index in [0.717, 1.165) is 16.3 Å². The Morgan fingerprint density at radius 2 is 1.87 bits per heavy atom. The lowest BCUT2D eigenvalue weighted by Crippen LogP contribution is -2.37. The second-order valence-corrected chi connectivity index (χ2v) is 5.31. The van der Waals surface area contributed by atoms with E-state index < -0.39 is 0 Å². The van der Waals surface area contributed by atoms with Crippen molar-refractivity contribution in [1.29, 1.82) is 0 Å². The van der Waals surface area contributed by atoms with Crippen molar-refractivity contribution in [2.24, 2.45) is 0 Å². The molecule has 0 aliphatic rings. The van der Waals surface area contributed by atoms with Crippen molar-refractivity contribution in [2.45, 2.75) is 32.2 Å². The van der Waals surface area contributed by atoms with Crippen LogP contribution in [0.25, 0.3) is 0 Å². The van der Waals surface area contributed by atoms with Gasteiger partial charge in [-0.05, 0) is 38.5 Å². The summed E-state index contributed by atoms with van der Waals surface area (Å²) in [5, 5.41) is 0.735. The number of hydrogen-bond donors (Lipinski definition) is 0. The number of hydrogen-bond acceptors (Lipinski definition) is 1. The fourth-order valence-electron chi connectivity index (χ4n) is 1.24. The van der Waals surface area contributed by atoms with Gasteiger partial charge in [-0.1, -0.05) is 17.7 Å². The topological polar surface area (TPSA) is 3.24 Å². The molecule has 0 aromatic heterocycles. The Morgan fingerprint density at radius 1 is 1.27 bits per heavy atom. The Bertz CT molecular complexity index is 342. The summed E-state index contributed by atoms with van der Waals surface area (Å²) in [5.74, 6) is 0.457. The molecule has 3 heteroatoms. The first-order valence-electron chi connectivity index (χ1n) is 4.94. The molecule has 0 saturated heterocycles. The van der Waals surface area contributed by atoms with Crippen molar-refractivity contribution >= 4 is 28.9 Å². The number of halogens is 2. The number of alkyl halides is 1. The highest BCUT2D eigenvalue weighted by Crippen LogP contribution is 2.27. The molecule has 0 fully saturated rings. The molecule has 0 N–H and O–H groups in total. The van der Waals surface area contributed by atoms with Crippen molar-refractivity contribution in [2.75, 3.05) is 11.9 Å². The quantitative estimate of drug-likeness (QED) is 0.702. The highest BCUT2D eigenvalue weighted by atomic mass is 35.5. The first-order chi connectivity index (χ1) is 6.86. The van der Waals surface area contributed by atoms with E-state index in [9.17, 15) is 0 Å². The van der Waals surface area contributed by atoms with E-state index in [1.54, 1.807) is 0 Å². The van der Waals surface area contributed by atoms with Crippen LogP contribution in [0.15, 0.2) is 18.2 Å². The third-order valence-electron chi connectivity index (χ3n) is 2.57. The van der Waals surface area contributed by atoms with E-state index in [0.29, 0.717) is 5.88 Å². The summed E-state index contributed by atoms with van der Waals surface area (Å²) in [7, 11) is 2.06.